The highest BCUT2D eigenvalue weighted by atomic mass is 19.3. The van der Waals surface area contributed by atoms with Crippen LogP contribution in [0, 0.1) is 5.82 Å². The van der Waals surface area contributed by atoms with E-state index in [1.165, 1.54) is 19.1 Å². The highest BCUT2D eigenvalue weighted by molar-refractivity contribution is 5.89. The van der Waals surface area contributed by atoms with Crippen molar-refractivity contribution < 1.29 is 32.5 Å². The standard InChI is InChI=1S/C18H19F3N4O4/c1-9(11-4-3-5-12(6-11)29-16(20)21)23-17-22-7-13(19)15(24-17)25-14(10(2)26)8-28-18(25)27/h3-7,9-10,14,16,26H,8H2,1-2H3,(H,22,23,24)/t9-,10+,14+/m0/s1. The van der Waals surface area contributed by atoms with E-state index in [0.717, 1.165) is 11.1 Å². The smallest absolute Gasteiger partial charge is 0.416 e. The molecule has 8 nitrogen and oxygen atoms in total. The fourth-order valence-electron chi connectivity index (χ4n) is 2.87. The fourth-order valence-corrected chi connectivity index (χ4v) is 2.87. The second-order valence-corrected chi connectivity index (χ2v) is 6.44. The number of nitrogens with zero attached hydrogens (tertiary/aromatic N) is 3. The highest BCUT2D eigenvalue weighted by Crippen LogP contribution is 2.28. The van der Waals surface area contributed by atoms with Crippen LogP contribution in [-0.4, -0.2) is 46.5 Å². The average molecular weight is 412 g/mol. The zero-order valence-electron chi connectivity index (χ0n) is 15.6. The van der Waals surface area contributed by atoms with Gasteiger partial charge in [0.2, 0.25) is 5.95 Å². The summed E-state index contributed by atoms with van der Waals surface area (Å²) in [4.78, 5) is 20.8. The van der Waals surface area contributed by atoms with E-state index in [1.54, 1.807) is 19.1 Å². The van der Waals surface area contributed by atoms with Crippen LogP contribution in [0.15, 0.2) is 30.5 Å². The van der Waals surface area contributed by atoms with Crippen LogP contribution in [0.2, 0.25) is 0 Å². The van der Waals surface area contributed by atoms with E-state index in [4.69, 9.17) is 4.74 Å². The van der Waals surface area contributed by atoms with Gasteiger partial charge in [-0.25, -0.2) is 19.1 Å². The fraction of sp³-hybridized carbons (Fsp3) is 0.389. The summed E-state index contributed by atoms with van der Waals surface area (Å²) < 4.78 is 48.4. The van der Waals surface area contributed by atoms with Gasteiger partial charge >= 0.3 is 12.7 Å². The van der Waals surface area contributed by atoms with Crippen LogP contribution in [0.1, 0.15) is 25.5 Å². The molecule has 0 aliphatic carbocycles. The van der Waals surface area contributed by atoms with Crippen molar-refractivity contribution >= 4 is 17.9 Å². The van der Waals surface area contributed by atoms with Gasteiger partial charge in [-0.15, -0.1) is 0 Å². The van der Waals surface area contributed by atoms with E-state index >= 15 is 0 Å². The first-order chi connectivity index (χ1) is 13.8. The Balaban J connectivity index is 1.82. The summed E-state index contributed by atoms with van der Waals surface area (Å²) in [7, 11) is 0. The molecule has 1 aromatic heterocycles. The highest BCUT2D eigenvalue weighted by Gasteiger charge is 2.39. The number of aliphatic hydroxyl groups excluding tert-OH is 1. The second-order valence-electron chi connectivity index (χ2n) is 6.44. The molecule has 3 atom stereocenters. The van der Waals surface area contributed by atoms with E-state index in [-0.39, 0.29) is 24.1 Å². The number of carbonyl (C=O) groups excluding carboxylic acids is 1. The van der Waals surface area contributed by atoms with Crippen molar-refractivity contribution in [2.24, 2.45) is 0 Å². The number of benzene rings is 1. The molecule has 0 spiro atoms. The van der Waals surface area contributed by atoms with Gasteiger partial charge in [0.15, 0.2) is 11.6 Å². The van der Waals surface area contributed by atoms with Crippen LogP contribution < -0.4 is 15.0 Å². The number of aromatic nitrogens is 2. The first kappa shape index (κ1) is 20.6. The quantitative estimate of drug-likeness (QED) is 0.721. The molecular weight excluding hydrogens is 393 g/mol. The summed E-state index contributed by atoms with van der Waals surface area (Å²) >= 11 is 0. The number of alkyl halides is 2. The molecule has 0 bridgehead atoms. The van der Waals surface area contributed by atoms with Gasteiger partial charge < -0.3 is 19.9 Å². The molecule has 1 aliphatic rings. The molecule has 2 N–H and O–H groups in total. The van der Waals surface area contributed by atoms with Gasteiger partial charge in [-0.1, -0.05) is 12.1 Å². The summed E-state index contributed by atoms with van der Waals surface area (Å²) in [6, 6.07) is 4.81. The predicted octanol–water partition coefficient (Wildman–Crippen LogP) is 3.10. The topological polar surface area (TPSA) is 96.8 Å². The van der Waals surface area contributed by atoms with Crippen molar-refractivity contribution in [2.45, 2.75) is 38.6 Å². The Morgan fingerprint density at radius 1 is 1.38 bits per heavy atom. The van der Waals surface area contributed by atoms with Crippen molar-refractivity contribution in [3.05, 3.63) is 41.8 Å². The van der Waals surface area contributed by atoms with Gasteiger partial charge in [-0.05, 0) is 31.5 Å². The largest absolute Gasteiger partial charge is 0.447 e. The first-order valence-corrected chi connectivity index (χ1v) is 8.74. The number of amides is 1. The maximum absolute atomic E-state index is 14.3. The van der Waals surface area contributed by atoms with Crippen LogP contribution in [-0.2, 0) is 4.74 Å². The molecule has 29 heavy (non-hydrogen) atoms. The van der Waals surface area contributed by atoms with Crippen molar-refractivity contribution in [1.82, 2.24) is 9.97 Å². The molecule has 11 heteroatoms. The summed E-state index contributed by atoms with van der Waals surface area (Å²) in [6.07, 6.45) is -0.911. The number of hydrogen-bond acceptors (Lipinski definition) is 7. The molecule has 1 saturated heterocycles. The number of halogens is 3. The number of ether oxygens (including phenoxy) is 2. The van der Waals surface area contributed by atoms with Gasteiger partial charge in [0.1, 0.15) is 18.4 Å². The van der Waals surface area contributed by atoms with Crippen LogP contribution in [0.3, 0.4) is 0 Å². The first-order valence-electron chi connectivity index (χ1n) is 8.74. The van der Waals surface area contributed by atoms with Gasteiger partial charge in [-0.3, -0.25) is 0 Å². The Morgan fingerprint density at radius 3 is 2.83 bits per heavy atom. The lowest BCUT2D eigenvalue weighted by Gasteiger charge is -2.23. The minimum Gasteiger partial charge on any atom is -0.447 e. The van der Waals surface area contributed by atoms with E-state index < -0.39 is 36.7 Å². The predicted molar refractivity (Wildman–Crippen MR) is 96.4 cm³/mol. The molecule has 1 amide bonds. The zero-order valence-corrected chi connectivity index (χ0v) is 15.6. The lowest BCUT2D eigenvalue weighted by atomic mass is 10.1. The van der Waals surface area contributed by atoms with Crippen molar-refractivity contribution in [3.8, 4) is 5.75 Å². The molecular formula is C18H19F3N4O4. The summed E-state index contributed by atoms with van der Waals surface area (Å²) in [6.45, 7) is 0.125. The molecule has 0 saturated carbocycles. The molecule has 156 valence electrons. The Morgan fingerprint density at radius 2 is 2.14 bits per heavy atom. The van der Waals surface area contributed by atoms with Crippen LogP contribution in [0.4, 0.5) is 29.7 Å². The van der Waals surface area contributed by atoms with Crippen molar-refractivity contribution in [2.75, 3.05) is 16.8 Å². The van der Waals surface area contributed by atoms with Gasteiger partial charge in [0.05, 0.1) is 18.3 Å². The second kappa shape index (κ2) is 8.52. The van der Waals surface area contributed by atoms with Gasteiger partial charge in [-0.2, -0.15) is 13.8 Å². The summed E-state index contributed by atoms with van der Waals surface area (Å²) in [5, 5.41) is 12.7. The van der Waals surface area contributed by atoms with Crippen LogP contribution >= 0.6 is 0 Å². The molecule has 2 aromatic rings. The van der Waals surface area contributed by atoms with Crippen molar-refractivity contribution in [1.29, 1.82) is 0 Å². The van der Waals surface area contributed by atoms with Gasteiger partial charge in [0.25, 0.3) is 0 Å². The Kier molecular flexibility index (Phi) is 6.06. The zero-order chi connectivity index (χ0) is 21.1. The number of nitrogens with one attached hydrogen (secondary N) is 1. The molecule has 0 unspecified atom stereocenters. The van der Waals surface area contributed by atoms with Gasteiger partial charge in [0, 0.05) is 0 Å². The number of aliphatic hydroxyl groups is 1. The van der Waals surface area contributed by atoms with E-state index in [0.29, 0.717) is 5.56 Å². The third-order valence-electron chi connectivity index (χ3n) is 4.35. The molecule has 1 fully saturated rings. The normalized spacial score (nSPS) is 18.5. The van der Waals surface area contributed by atoms with E-state index in [9.17, 15) is 23.1 Å². The van der Waals surface area contributed by atoms with E-state index in [1.807, 2.05) is 0 Å². The number of carbonyl (C=O) groups is 1. The third kappa shape index (κ3) is 4.67. The minimum absolute atomic E-state index is 0.00174. The average Bonchev–Trinajstić information content (AvgIpc) is 3.04. The maximum atomic E-state index is 14.3. The number of cyclic esters (lactones) is 1. The van der Waals surface area contributed by atoms with Crippen LogP contribution in [0.25, 0.3) is 0 Å². The number of anilines is 2. The maximum Gasteiger partial charge on any atom is 0.416 e. The van der Waals surface area contributed by atoms with Crippen molar-refractivity contribution in [3.63, 3.8) is 0 Å². The Hall–Kier alpha value is -3.08. The number of rotatable bonds is 7. The lowest BCUT2D eigenvalue weighted by Crippen LogP contribution is -2.42. The van der Waals surface area contributed by atoms with Crippen LogP contribution in [0.5, 0.6) is 5.75 Å². The molecule has 1 aromatic carbocycles. The third-order valence-corrected chi connectivity index (χ3v) is 4.35. The SMILES string of the molecule is C[C@H](Nc1ncc(F)c(N2C(=O)OC[C@@H]2[C@@H](C)O)n1)c1cccc(OC(F)F)c1. The monoisotopic (exact) mass is 412 g/mol. The Labute approximate surface area is 164 Å². The molecule has 1 aliphatic heterocycles. The molecule has 2 heterocycles. The number of hydrogen-bond donors (Lipinski definition) is 2. The van der Waals surface area contributed by atoms with E-state index in [2.05, 4.69) is 20.0 Å². The molecule has 3 rings (SSSR count). The molecule has 0 radical (unpaired) electrons. The minimum atomic E-state index is -2.95. The lowest BCUT2D eigenvalue weighted by molar-refractivity contribution is -0.0498. The summed E-state index contributed by atoms with van der Waals surface area (Å²) in [5.41, 5.74) is 0.597. The summed E-state index contributed by atoms with van der Waals surface area (Å²) in [5.74, 6) is -1.21. The Bertz CT molecular complexity index is 884.